The molecule has 0 aliphatic carbocycles. The van der Waals surface area contributed by atoms with Crippen LogP contribution in [-0.4, -0.2) is 29.2 Å². The monoisotopic (exact) mass is 378 g/mol. The third-order valence-electron chi connectivity index (χ3n) is 4.79. The minimum atomic E-state index is -0.107. The summed E-state index contributed by atoms with van der Waals surface area (Å²) in [4.78, 5) is 20.6. The summed E-state index contributed by atoms with van der Waals surface area (Å²) in [6, 6.07) is 18.4. The second-order valence-corrected chi connectivity index (χ2v) is 8.83. The van der Waals surface area contributed by atoms with Crippen molar-refractivity contribution >= 4 is 11.6 Å². The van der Waals surface area contributed by atoms with Crippen LogP contribution in [-0.2, 0) is 16.2 Å². The topological polar surface area (TPSA) is 41.9 Å². The largest absolute Gasteiger partial charge is 0.390 e. The first-order chi connectivity index (χ1) is 13.3. The molecule has 4 nitrogen and oxygen atoms in total. The van der Waals surface area contributed by atoms with Crippen LogP contribution in [0.4, 0.5) is 0 Å². The first-order valence-electron chi connectivity index (χ1n) is 9.91. The van der Waals surface area contributed by atoms with Gasteiger partial charge >= 0.3 is 0 Å². The van der Waals surface area contributed by atoms with Crippen molar-refractivity contribution in [3.63, 3.8) is 0 Å². The van der Waals surface area contributed by atoms with Crippen molar-refractivity contribution < 1.29 is 9.63 Å². The maximum Gasteiger partial charge on any atom is 0.223 e. The zero-order chi connectivity index (χ0) is 20.1. The predicted octanol–water partition coefficient (Wildman–Crippen LogP) is 4.95. The van der Waals surface area contributed by atoms with E-state index in [9.17, 15) is 4.79 Å². The number of nitrogens with zero attached hydrogens (tertiary/aromatic N) is 2. The van der Waals surface area contributed by atoms with Gasteiger partial charge in [-0.1, -0.05) is 86.1 Å². The normalized spacial score (nSPS) is 16.4. The summed E-state index contributed by atoms with van der Waals surface area (Å²) in [7, 11) is 0. The number of rotatable bonds is 6. The number of benzene rings is 2. The number of oxime groups is 1. The average Bonchev–Trinajstić information content (AvgIpc) is 3.10. The summed E-state index contributed by atoms with van der Waals surface area (Å²) in [5.41, 5.74) is 4.34. The van der Waals surface area contributed by atoms with Gasteiger partial charge in [-0.2, -0.15) is 0 Å². The lowest BCUT2D eigenvalue weighted by Gasteiger charge is -2.28. The molecule has 1 unspecified atom stereocenters. The Morgan fingerprint density at radius 2 is 1.79 bits per heavy atom. The van der Waals surface area contributed by atoms with Gasteiger partial charge in [-0.05, 0) is 23.5 Å². The molecule has 0 saturated heterocycles. The van der Waals surface area contributed by atoms with Crippen molar-refractivity contribution in [1.82, 2.24) is 4.90 Å². The van der Waals surface area contributed by atoms with Crippen molar-refractivity contribution in [2.24, 2.45) is 10.6 Å². The Morgan fingerprint density at radius 1 is 1.11 bits per heavy atom. The van der Waals surface area contributed by atoms with Crippen LogP contribution in [0.1, 0.15) is 50.3 Å². The SMILES string of the molecule is Cc1ccc(C2=NOC(CN(Cc3ccccc3)C(=O)CC(C)(C)C)C2)cc1. The summed E-state index contributed by atoms with van der Waals surface area (Å²) in [6.07, 6.45) is 1.12. The van der Waals surface area contributed by atoms with Crippen molar-refractivity contribution in [3.05, 3.63) is 71.3 Å². The summed E-state index contributed by atoms with van der Waals surface area (Å²) >= 11 is 0. The summed E-state index contributed by atoms with van der Waals surface area (Å²) in [6.45, 7) is 9.49. The molecular formula is C24H30N2O2. The van der Waals surface area contributed by atoms with E-state index in [1.807, 2.05) is 23.1 Å². The van der Waals surface area contributed by atoms with Crippen LogP contribution in [0.25, 0.3) is 0 Å². The Morgan fingerprint density at radius 3 is 2.43 bits per heavy atom. The number of amides is 1. The van der Waals surface area contributed by atoms with E-state index >= 15 is 0 Å². The van der Waals surface area contributed by atoms with Crippen LogP contribution in [0.2, 0.25) is 0 Å². The van der Waals surface area contributed by atoms with Crippen LogP contribution >= 0.6 is 0 Å². The van der Waals surface area contributed by atoms with Crippen molar-refractivity contribution in [2.75, 3.05) is 6.54 Å². The van der Waals surface area contributed by atoms with Gasteiger partial charge in [-0.25, -0.2) is 0 Å². The fourth-order valence-corrected chi connectivity index (χ4v) is 3.31. The number of carbonyl (C=O) groups excluding carboxylic acids is 1. The van der Waals surface area contributed by atoms with Gasteiger partial charge in [0.05, 0.1) is 12.3 Å². The van der Waals surface area contributed by atoms with E-state index in [2.05, 4.69) is 69.2 Å². The average molecular weight is 379 g/mol. The van der Waals surface area contributed by atoms with E-state index in [0.717, 1.165) is 23.3 Å². The molecule has 0 fully saturated rings. The Labute approximate surface area is 168 Å². The highest BCUT2D eigenvalue weighted by molar-refractivity contribution is 6.01. The Balaban J connectivity index is 1.67. The molecule has 4 heteroatoms. The quantitative estimate of drug-likeness (QED) is 0.713. The molecule has 1 aliphatic heterocycles. The van der Waals surface area contributed by atoms with E-state index in [1.54, 1.807) is 0 Å². The fraction of sp³-hybridized carbons (Fsp3) is 0.417. The van der Waals surface area contributed by atoms with Crippen molar-refractivity contribution in [3.8, 4) is 0 Å². The number of carbonyl (C=O) groups is 1. The maximum absolute atomic E-state index is 13.0. The van der Waals surface area contributed by atoms with E-state index in [1.165, 1.54) is 5.56 Å². The molecule has 1 amide bonds. The lowest BCUT2D eigenvalue weighted by atomic mass is 9.91. The lowest BCUT2D eigenvalue weighted by molar-refractivity contribution is -0.135. The smallest absolute Gasteiger partial charge is 0.223 e. The van der Waals surface area contributed by atoms with Gasteiger partial charge in [-0.3, -0.25) is 4.79 Å². The first-order valence-corrected chi connectivity index (χ1v) is 9.91. The minimum absolute atomic E-state index is 0.0495. The van der Waals surface area contributed by atoms with Crippen LogP contribution in [0.3, 0.4) is 0 Å². The van der Waals surface area contributed by atoms with E-state index in [0.29, 0.717) is 19.5 Å². The lowest BCUT2D eigenvalue weighted by Crippen LogP contribution is -2.38. The minimum Gasteiger partial charge on any atom is -0.390 e. The van der Waals surface area contributed by atoms with Gasteiger partial charge in [0, 0.05) is 19.4 Å². The van der Waals surface area contributed by atoms with Gasteiger partial charge in [-0.15, -0.1) is 0 Å². The third kappa shape index (κ3) is 5.69. The molecule has 28 heavy (non-hydrogen) atoms. The first kappa shape index (κ1) is 20.1. The molecule has 0 bridgehead atoms. The summed E-state index contributed by atoms with van der Waals surface area (Å²) in [5.74, 6) is 0.156. The highest BCUT2D eigenvalue weighted by atomic mass is 16.6. The van der Waals surface area contributed by atoms with Crippen LogP contribution < -0.4 is 0 Å². The maximum atomic E-state index is 13.0. The molecule has 0 radical (unpaired) electrons. The molecule has 0 spiro atoms. The molecule has 148 valence electrons. The van der Waals surface area contributed by atoms with Gasteiger partial charge in [0.2, 0.25) is 5.91 Å². The highest BCUT2D eigenvalue weighted by Gasteiger charge is 2.28. The van der Waals surface area contributed by atoms with E-state index < -0.39 is 0 Å². The summed E-state index contributed by atoms with van der Waals surface area (Å²) < 4.78 is 0. The van der Waals surface area contributed by atoms with E-state index in [4.69, 9.17) is 4.84 Å². The second-order valence-electron chi connectivity index (χ2n) is 8.83. The Kier molecular flexibility index (Phi) is 6.18. The number of aryl methyl sites for hydroxylation is 1. The Bertz CT molecular complexity index is 820. The highest BCUT2D eigenvalue weighted by Crippen LogP contribution is 2.23. The standard InChI is InChI=1S/C24H30N2O2/c1-18-10-12-20(13-11-18)22-14-21(28-25-22)17-26(23(27)15-24(2,3)4)16-19-8-6-5-7-9-19/h5-13,21H,14-17H2,1-4H3. The molecule has 2 aromatic rings. The predicted molar refractivity (Wildman–Crippen MR) is 113 cm³/mol. The van der Waals surface area contributed by atoms with Gasteiger partial charge in [0.25, 0.3) is 0 Å². The van der Waals surface area contributed by atoms with Gasteiger partial charge in [0.1, 0.15) is 0 Å². The zero-order valence-electron chi connectivity index (χ0n) is 17.3. The van der Waals surface area contributed by atoms with Crippen LogP contribution in [0.15, 0.2) is 59.8 Å². The molecule has 3 rings (SSSR count). The zero-order valence-corrected chi connectivity index (χ0v) is 17.3. The number of hydrogen-bond acceptors (Lipinski definition) is 3. The number of hydrogen-bond donors (Lipinski definition) is 0. The molecule has 1 heterocycles. The van der Waals surface area contributed by atoms with Crippen LogP contribution in [0.5, 0.6) is 0 Å². The van der Waals surface area contributed by atoms with Gasteiger partial charge in [0.15, 0.2) is 6.10 Å². The fourth-order valence-electron chi connectivity index (χ4n) is 3.31. The second kappa shape index (κ2) is 8.59. The summed E-state index contributed by atoms with van der Waals surface area (Å²) in [5, 5.41) is 4.29. The molecule has 0 N–H and O–H groups in total. The van der Waals surface area contributed by atoms with Crippen LogP contribution in [0, 0.1) is 12.3 Å². The molecular weight excluding hydrogens is 348 g/mol. The molecule has 1 atom stereocenters. The molecule has 0 saturated carbocycles. The molecule has 0 aromatic heterocycles. The van der Waals surface area contributed by atoms with Gasteiger partial charge < -0.3 is 9.74 Å². The van der Waals surface area contributed by atoms with Crippen molar-refractivity contribution in [1.29, 1.82) is 0 Å². The Hall–Kier alpha value is -2.62. The van der Waals surface area contributed by atoms with Crippen molar-refractivity contribution in [2.45, 2.75) is 53.2 Å². The van der Waals surface area contributed by atoms with E-state index in [-0.39, 0.29) is 17.4 Å². The molecule has 1 aliphatic rings. The molecule has 2 aromatic carbocycles. The third-order valence-corrected chi connectivity index (χ3v) is 4.79.